The standard InChI is InChI=1S/C16H30O2.Zn/c1-2-3-4-5-6-7-8-9-10-11-12-13-14-15-16(17)18;/h7-8H,2-6,9-15H2,1H3,(H,17,18);. The Hall–Kier alpha value is -0.167. The quantitative estimate of drug-likeness (QED) is 0.283. The minimum Gasteiger partial charge on any atom is -0.481 e. The summed E-state index contributed by atoms with van der Waals surface area (Å²) in [6, 6.07) is 0. The second-order valence-electron chi connectivity index (χ2n) is 5.02. The summed E-state index contributed by atoms with van der Waals surface area (Å²) in [5, 5.41) is 8.48. The molecule has 19 heavy (non-hydrogen) atoms. The van der Waals surface area contributed by atoms with Gasteiger partial charge in [0.05, 0.1) is 0 Å². The van der Waals surface area contributed by atoms with Crippen molar-refractivity contribution >= 4 is 5.97 Å². The van der Waals surface area contributed by atoms with Crippen molar-refractivity contribution in [2.75, 3.05) is 0 Å². The zero-order valence-electron chi connectivity index (χ0n) is 12.7. The molecule has 0 fully saturated rings. The molecule has 0 heterocycles. The summed E-state index contributed by atoms with van der Waals surface area (Å²) < 4.78 is 0. The van der Waals surface area contributed by atoms with E-state index in [0.29, 0.717) is 6.42 Å². The average Bonchev–Trinajstić information content (AvgIpc) is 2.34. The molecule has 0 aliphatic carbocycles. The fourth-order valence-corrected chi connectivity index (χ4v) is 1.99. The van der Waals surface area contributed by atoms with Gasteiger partial charge in [-0.2, -0.15) is 0 Å². The zero-order chi connectivity index (χ0) is 13.5. The van der Waals surface area contributed by atoms with Gasteiger partial charge in [-0.25, -0.2) is 0 Å². The number of aliphatic carboxylic acids is 1. The normalized spacial score (nSPS) is 10.6. The monoisotopic (exact) mass is 318 g/mol. The molecule has 0 aliphatic rings. The first-order valence-corrected chi connectivity index (χ1v) is 7.64. The topological polar surface area (TPSA) is 37.3 Å². The summed E-state index contributed by atoms with van der Waals surface area (Å²) in [4.78, 5) is 10.3. The molecule has 0 saturated carbocycles. The molecule has 3 heteroatoms. The van der Waals surface area contributed by atoms with Gasteiger partial charge >= 0.3 is 5.97 Å². The number of rotatable bonds is 13. The molecule has 0 aromatic rings. The van der Waals surface area contributed by atoms with Crippen molar-refractivity contribution in [1.82, 2.24) is 0 Å². The molecule has 0 aromatic carbocycles. The van der Waals surface area contributed by atoms with Gasteiger partial charge in [0.25, 0.3) is 0 Å². The van der Waals surface area contributed by atoms with Crippen LogP contribution >= 0.6 is 0 Å². The predicted octanol–water partition coefficient (Wildman–Crippen LogP) is 5.33. The molecule has 0 aliphatic heterocycles. The van der Waals surface area contributed by atoms with Crippen molar-refractivity contribution in [3.8, 4) is 0 Å². The van der Waals surface area contributed by atoms with Gasteiger partial charge in [-0.3, -0.25) is 4.79 Å². The van der Waals surface area contributed by atoms with E-state index in [0.717, 1.165) is 12.8 Å². The molecule has 0 amide bonds. The van der Waals surface area contributed by atoms with Gasteiger partial charge in [0.15, 0.2) is 0 Å². The summed E-state index contributed by atoms with van der Waals surface area (Å²) >= 11 is 0. The molecule has 0 rings (SSSR count). The Morgan fingerprint density at radius 2 is 1.32 bits per heavy atom. The summed E-state index contributed by atoms with van der Waals surface area (Å²) in [6.07, 6.45) is 18.3. The Morgan fingerprint density at radius 3 is 1.84 bits per heavy atom. The molecule has 0 aromatic heterocycles. The fourth-order valence-electron chi connectivity index (χ4n) is 1.99. The van der Waals surface area contributed by atoms with E-state index in [1.54, 1.807) is 0 Å². The van der Waals surface area contributed by atoms with E-state index < -0.39 is 5.97 Å². The van der Waals surface area contributed by atoms with Crippen LogP contribution in [0.1, 0.15) is 84.0 Å². The van der Waals surface area contributed by atoms with Gasteiger partial charge in [0.1, 0.15) is 0 Å². The van der Waals surface area contributed by atoms with Crippen molar-refractivity contribution in [3.05, 3.63) is 12.2 Å². The molecule has 1 N–H and O–H groups in total. The Kier molecular flexibility index (Phi) is 19.8. The number of allylic oxidation sites excluding steroid dienone is 2. The van der Waals surface area contributed by atoms with Crippen LogP contribution in [0.25, 0.3) is 0 Å². The summed E-state index contributed by atoms with van der Waals surface area (Å²) in [5.41, 5.74) is 0. The van der Waals surface area contributed by atoms with Crippen LogP contribution in [-0.2, 0) is 24.3 Å². The Bertz CT molecular complexity index is 215. The third-order valence-electron chi connectivity index (χ3n) is 3.15. The minimum absolute atomic E-state index is 0. The summed E-state index contributed by atoms with van der Waals surface area (Å²) in [6.45, 7) is 2.24. The third-order valence-corrected chi connectivity index (χ3v) is 3.15. The van der Waals surface area contributed by atoms with E-state index in [1.165, 1.54) is 57.8 Å². The van der Waals surface area contributed by atoms with Gasteiger partial charge in [0.2, 0.25) is 0 Å². The van der Waals surface area contributed by atoms with E-state index in [-0.39, 0.29) is 19.5 Å². The molecule has 0 saturated heterocycles. The minimum atomic E-state index is -0.666. The Morgan fingerprint density at radius 1 is 0.842 bits per heavy atom. The van der Waals surface area contributed by atoms with Crippen LogP contribution in [0.4, 0.5) is 0 Å². The zero-order valence-corrected chi connectivity index (χ0v) is 15.7. The Labute approximate surface area is 131 Å². The van der Waals surface area contributed by atoms with Gasteiger partial charge in [0, 0.05) is 25.9 Å². The van der Waals surface area contributed by atoms with Crippen LogP contribution in [0.3, 0.4) is 0 Å². The van der Waals surface area contributed by atoms with Gasteiger partial charge in [-0.1, -0.05) is 57.6 Å². The van der Waals surface area contributed by atoms with E-state index >= 15 is 0 Å². The van der Waals surface area contributed by atoms with Crippen LogP contribution in [0.5, 0.6) is 0 Å². The molecule has 108 valence electrons. The maximum absolute atomic E-state index is 10.3. The van der Waals surface area contributed by atoms with E-state index in [4.69, 9.17) is 5.11 Å². The Balaban J connectivity index is 0. The number of unbranched alkanes of at least 4 members (excludes halogenated alkanes) is 9. The summed E-state index contributed by atoms with van der Waals surface area (Å²) in [5.74, 6) is -0.666. The largest absolute Gasteiger partial charge is 0.481 e. The smallest absolute Gasteiger partial charge is 0.303 e. The van der Waals surface area contributed by atoms with Crippen molar-refractivity contribution < 1.29 is 29.4 Å². The molecule has 0 radical (unpaired) electrons. The second-order valence-corrected chi connectivity index (χ2v) is 5.02. The number of hydrogen-bond donors (Lipinski definition) is 1. The predicted molar refractivity (Wildman–Crippen MR) is 77.9 cm³/mol. The molecule has 0 spiro atoms. The molecule has 0 atom stereocenters. The summed E-state index contributed by atoms with van der Waals surface area (Å²) in [7, 11) is 0. The van der Waals surface area contributed by atoms with E-state index in [9.17, 15) is 4.79 Å². The van der Waals surface area contributed by atoms with Crippen LogP contribution < -0.4 is 0 Å². The second kappa shape index (κ2) is 17.8. The van der Waals surface area contributed by atoms with Gasteiger partial charge in [-0.15, -0.1) is 0 Å². The van der Waals surface area contributed by atoms with Crippen molar-refractivity contribution in [1.29, 1.82) is 0 Å². The average molecular weight is 320 g/mol. The van der Waals surface area contributed by atoms with E-state index in [1.807, 2.05) is 0 Å². The van der Waals surface area contributed by atoms with E-state index in [2.05, 4.69) is 19.1 Å². The molecule has 0 bridgehead atoms. The number of carboxylic acid groups (broad SMARTS) is 1. The first kappa shape index (κ1) is 21.1. The first-order valence-electron chi connectivity index (χ1n) is 7.64. The first-order chi connectivity index (χ1) is 8.77. The van der Waals surface area contributed by atoms with Crippen molar-refractivity contribution in [2.45, 2.75) is 84.0 Å². The molecule has 2 nitrogen and oxygen atoms in total. The number of carbonyl (C=O) groups is 1. The van der Waals surface area contributed by atoms with Crippen molar-refractivity contribution in [3.63, 3.8) is 0 Å². The molecular formula is C16H30O2Zn. The molecular weight excluding hydrogens is 290 g/mol. The van der Waals surface area contributed by atoms with Crippen LogP contribution in [0, 0.1) is 0 Å². The van der Waals surface area contributed by atoms with Gasteiger partial charge < -0.3 is 5.11 Å². The third kappa shape index (κ3) is 20.3. The maximum Gasteiger partial charge on any atom is 0.303 e. The van der Waals surface area contributed by atoms with Gasteiger partial charge in [-0.05, 0) is 32.1 Å². The van der Waals surface area contributed by atoms with Crippen molar-refractivity contribution in [2.24, 2.45) is 0 Å². The maximum atomic E-state index is 10.3. The number of carboxylic acids is 1. The van der Waals surface area contributed by atoms with Crippen LogP contribution in [-0.4, -0.2) is 11.1 Å². The SMILES string of the molecule is CCCCCCC=CCCCCCCCC(=O)O.[Zn]. The van der Waals surface area contributed by atoms with Crippen LogP contribution in [0.2, 0.25) is 0 Å². The number of hydrogen-bond acceptors (Lipinski definition) is 1. The van der Waals surface area contributed by atoms with Crippen LogP contribution in [0.15, 0.2) is 12.2 Å². The molecule has 0 unspecified atom stereocenters. The fraction of sp³-hybridized carbons (Fsp3) is 0.812.